The predicted molar refractivity (Wildman–Crippen MR) is 162 cm³/mol. The van der Waals surface area contributed by atoms with Crippen LogP contribution in [0.25, 0.3) is 0 Å². The molecule has 9 heteroatoms. The van der Waals surface area contributed by atoms with Crippen LogP contribution in [0.2, 0.25) is 0 Å². The van der Waals surface area contributed by atoms with Gasteiger partial charge in [0, 0.05) is 6.42 Å². The third kappa shape index (κ3) is 11.4. The van der Waals surface area contributed by atoms with E-state index in [1.54, 1.807) is 41.5 Å². The van der Waals surface area contributed by atoms with Crippen LogP contribution in [0.4, 0.5) is 4.79 Å². The minimum absolute atomic E-state index is 0.0427. The number of ketones is 1. The molecule has 3 rings (SSSR count). The topological polar surface area (TPSA) is 114 Å². The smallest absolute Gasteiger partial charge is 0.408 e. The molecule has 9 nitrogen and oxygen atoms in total. The standard InChI is InChI=1S/C33H51N3O6/c1-32(2,3)41-30(39)26(21-24-16-11-8-12-17-24)34-29(38)27-18-13-19-36(27)22-28(37)25(20-23-14-9-7-10-15-23)35-31(40)42-33(4,5)6/h8,11-12,16-17,23,25-27H,7,9-10,13-15,18-22H2,1-6H3,(H,34,38)(H,35,40)/t25-,26-,27-/m0/s1. The normalized spacial score (nSPS) is 19.9. The van der Waals surface area contributed by atoms with E-state index in [0.29, 0.717) is 31.7 Å². The van der Waals surface area contributed by atoms with Gasteiger partial charge >= 0.3 is 12.1 Å². The van der Waals surface area contributed by atoms with Gasteiger partial charge in [0.05, 0.1) is 18.6 Å². The van der Waals surface area contributed by atoms with Crippen molar-refractivity contribution in [3.63, 3.8) is 0 Å². The van der Waals surface area contributed by atoms with E-state index in [1.165, 1.54) is 6.42 Å². The minimum Gasteiger partial charge on any atom is -0.458 e. The first-order valence-corrected chi connectivity index (χ1v) is 15.5. The number of carbonyl (C=O) groups is 4. The van der Waals surface area contributed by atoms with Crippen molar-refractivity contribution in [3.05, 3.63) is 35.9 Å². The lowest BCUT2D eigenvalue weighted by Gasteiger charge is -2.30. The second-order valence-electron chi connectivity index (χ2n) is 13.8. The number of amides is 2. The van der Waals surface area contributed by atoms with E-state index in [-0.39, 0.29) is 18.2 Å². The van der Waals surface area contributed by atoms with E-state index in [1.807, 2.05) is 35.2 Å². The molecule has 1 aromatic carbocycles. The summed E-state index contributed by atoms with van der Waals surface area (Å²) in [6, 6.07) is 7.42. The molecule has 0 spiro atoms. The van der Waals surface area contributed by atoms with Crippen LogP contribution in [0.5, 0.6) is 0 Å². The van der Waals surface area contributed by atoms with Gasteiger partial charge in [-0.05, 0) is 78.8 Å². The fraction of sp³-hybridized carbons (Fsp3) is 0.697. The van der Waals surface area contributed by atoms with Crippen LogP contribution < -0.4 is 10.6 Å². The van der Waals surface area contributed by atoms with Crippen molar-refractivity contribution < 1.29 is 28.7 Å². The molecule has 1 heterocycles. The van der Waals surface area contributed by atoms with E-state index >= 15 is 0 Å². The molecular formula is C33H51N3O6. The van der Waals surface area contributed by atoms with Crippen LogP contribution in [0.15, 0.2) is 30.3 Å². The first-order chi connectivity index (χ1) is 19.7. The summed E-state index contributed by atoms with van der Waals surface area (Å²) in [4.78, 5) is 54.8. The second kappa shape index (κ2) is 15.0. The zero-order chi connectivity index (χ0) is 30.9. The van der Waals surface area contributed by atoms with E-state index in [2.05, 4.69) is 10.6 Å². The Hall–Kier alpha value is -2.94. The van der Waals surface area contributed by atoms with Gasteiger partial charge in [0.25, 0.3) is 0 Å². The molecular weight excluding hydrogens is 534 g/mol. The highest BCUT2D eigenvalue weighted by atomic mass is 16.6. The SMILES string of the molecule is CC(C)(C)OC(=O)N[C@@H](CC1CCCCC1)C(=O)CN1CCC[C@H]1C(=O)N[C@@H](Cc1ccccc1)C(=O)OC(C)(C)C. The zero-order valence-corrected chi connectivity index (χ0v) is 26.4. The maximum atomic E-state index is 13.7. The Morgan fingerprint density at radius 2 is 1.48 bits per heavy atom. The van der Waals surface area contributed by atoms with Crippen molar-refractivity contribution in [2.24, 2.45) is 5.92 Å². The van der Waals surface area contributed by atoms with Gasteiger partial charge < -0.3 is 20.1 Å². The fourth-order valence-corrected chi connectivity index (χ4v) is 5.78. The number of carbonyl (C=O) groups excluding carboxylic acids is 4. The average molecular weight is 586 g/mol. The Morgan fingerprint density at radius 1 is 0.833 bits per heavy atom. The number of alkyl carbamates (subject to hydrolysis) is 1. The molecule has 1 aromatic rings. The predicted octanol–water partition coefficient (Wildman–Crippen LogP) is 4.95. The summed E-state index contributed by atoms with van der Waals surface area (Å²) < 4.78 is 11.1. The van der Waals surface area contributed by atoms with Crippen LogP contribution in [0.1, 0.15) is 98.5 Å². The molecule has 2 amide bonds. The number of nitrogens with zero attached hydrogens (tertiary/aromatic N) is 1. The van der Waals surface area contributed by atoms with Gasteiger partial charge in [0.15, 0.2) is 5.78 Å². The van der Waals surface area contributed by atoms with Crippen molar-refractivity contribution in [1.82, 2.24) is 15.5 Å². The Labute approximate surface area is 251 Å². The molecule has 2 fully saturated rings. The van der Waals surface area contributed by atoms with Gasteiger partial charge in [-0.15, -0.1) is 0 Å². The van der Waals surface area contributed by atoms with Crippen molar-refractivity contribution in [1.29, 1.82) is 0 Å². The molecule has 0 unspecified atom stereocenters. The number of ether oxygens (including phenoxy) is 2. The summed E-state index contributed by atoms with van der Waals surface area (Å²) in [5.74, 6) is -0.544. The van der Waals surface area contributed by atoms with Crippen LogP contribution in [0, 0.1) is 5.92 Å². The van der Waals surface area contributed by atoms with Crippen molar-refractivity contribution in [2.75, 3.05) is 13.1 Å². The molecule has 0 aromatic heterocycles. The summed E-state index contributed by atoms with van der Waals surface area (Å²) in [6.07, 6.45) is 7.16. The van der Waals surface area contributed by atoms with Gasteiger partial charge in [-0.25, -0.2) is 9.59 Å². The van der Waals surface area contributed by atoms with Crippen LogP contribution in [-0.2, 0) is 30.3 Å². The molecule has 3 atom stereocenters. The number of benzene rings is 1. The summed E-state index contributed by atoms with van der Waals surface area (Å²) in [5, 5.41) is 5.77. The maximum Gasteiger partial charge on any atom is 0.408 e. The third-order valence-corrected chi connectivity index (χ3v) is 7.69. The van der Waals surface area contributed by atoms with Crippen LogP contribution in [0.3, 0.4) is 0 Å². The highest BCUT2D eigenvalue weighted by Gasteiger charge is 2.37. The summed E-state index contributed by atoms with van der Waals surface area (Å²) >= 11 is 0. The summed E-state index contributed by atoms with van der Waals surface area (Å²) in [6.45, 7) is 11.4. The quantitative estimate of drug-likeness (QED) is 0.353. The van der Waals surface area contributed by atoms with Gasteiger partial charge in [-0.3, -0.25) is 14.5 Å². The Bertz CT molecular complexity index is 1060. The van der Waals surface area contributed by atoms with Crippen molar-refractivity contribution in [2.45, 2.75) is 129 Å². The Balaban J connectivity index is 1.69. The fourth-order valence-electron chi connectivity index (χ4n) is 5.78. The lowest BCUT2D eigenvalue weighted by atomic mass is 9.84. The van der Waals surface area contributed by atoms with Crippen molar-refractivity contribution >= 4 is 23.8 Å². The largest absolute Gasteiger partial charge is 0.458 e. The van der Waals surface area contributed by atoms with Crippen LogP contribution >= 0.6 is 0 Å². The highest BCUT2D eigenvalue weighted by Crippen LogP contribution is 2.28. The molecule has 2 aliphatic rings. The number of likely N-dealkylation sites (tertiary alicyclic amines) is 1. The Kier molecular flexibility index (Phi) is 12.0. The monoisotopic (exact) mass is 585 g/mol. The summed E-state index contributed by atoms with van der Waals surface area (Å²) in [7, 11) is 0. The number of rotatable bonds is 11. The molecule has 42 heavy (non-hydrogen) atoms. The number of esters is 1. The molecule has 1 aliphatic heterocycles. The van der Waals surface area contributed by atoms with Gasteiger partial charge in [-0.2, -0.15) is 0 Å². The lowest BCUT2D eigenvalue weighted by molar-refractivity contribution is -0.159. The third-order valence-electron chi connectivity index (χ3n) is 7.69. The maximum absolute atomic E-state index is 13.7. The second-order valence-corrected chi connectivity index (χ2v) is 13.8. The van der Waals surface area contributed by atoms with Gasteiger partial charge in [-0.1, -0.05) is 62.4 Å². The lowest BCUT2D eigenvalue weighted by Crippen LogP contribution is -2.53. The van der Waals surface area contributed by atoms with Gasteiger partial charge in [0.1, 0.15) is 17.2 Å². The van der Waals surface area contributed by atoms with Crippen LogP contribution in [-0.4, -0.2) is 71.1 Å². The average Bonchev–Trinajstić information content (AvgIpc) is 3.35. The molecule has 0 radical (unpaired) electrons. The number of hydrogen-bond acceptors (Lipinski definition) is 7. The van der Waals surface area contributed by atoms with Crippen molar-refractivity contribution in [3.8, 4) is 0 Å². The highest BCUT2D eigenvalue weighted by molar-refractivity contribution is 5.91. The van der Waals surface area contributed by atoms with Gasteiger partial charge in [0.2, 0.25) is 5.91 Å². The molecule has 1 saturated heterocycles. The zero-order valence-electron chi connectivity index (χ0n) is 26.4. The molecule has 1 aliphatic carbocycles. The Morgan fingerprint density at radius 3 is 2.10 bits per heavy atom. The number of Topliss-reactive ketones (excluding diaryl/α,β-unsaturated/α-hetero) is 1. The first kappa shape index (κ1) is 33.6. The van der Waals surface area contributed by atoms with E-state index in [0.717, 1.165) is 37.7 Å². The number of nitrogens with one attached hydrogen (secondary N) is 2. The van der Waals surface area contributed by atoms with E-state index < -0.39 is 41.4 Å². The first-order valence-electron chi connectivity index (χ1n) is 15.5. The van der Waals surface area contributed by atoms with E-state index in [9.17, 15) is 19.2 Å². The molecule has 234 valence electrons. The van der Waals surface area contributed by atoms with E-state index in [4.69, 9.17) is 9.47 Å². The molecule has 1 saturated carbocycles. The molecule has 2 N–H and O–H groups in total. The summed E-state index contributed by atoms with van der Waals surface area (Å²) in [5.41, 5.74) is -0.465. The molecule has 0 bridgehead atoms. The number of hydrogen-bond donors (Lipinski definition) is 2. The minimum atomic E-state index is -0.856.